The van der Waals surface area contributed by atoms with Crippen molar-refractivity contribution in [1.82, 2.24) is 0 Å². The Morgan fingerprint density at radius 1 is 1.46 bits per heavy atom. The van der Waals surface area contributed by atoms with E-state index < -0.39 is 15.7 Å². The Kier molecular flexibility index (Phi) is 2.52. The van der Waals surface area contributed by atoms with E-state index >= 15 is 0 Å². The highest BCUT2D eigenvalue weighted by molar-refractivity contribution is 7.90. The molecule has 0 spiro atoms. The molecule has 0 radical (unpaired) electrons. The molecule has 0 unspecified atom stereocenters. The molecule has 70 valence electrons. The first-order valence-electron chi connectivity index (χ1n) is 3.58. The summed E-state index contributed by atoms with van der Waals surface area (Å²) in [5.74, 6) is -0.736. The van der Waals surface area contributed by atoms with E-state index in [1.165, 1.54) is 18.2 Å². The number of halogens is 1. The molecule has 0 aliphatic rings. The van der Waals surface area contributed by atoms with Crippen molar-refractivity contribution in [3.05, 3.63) is 36.2 Å². The van der Waals surface area contributed by atoms with Crippen LogP contribution in [0.4, 0.5) is 4.39 Å². The predicted molar refractivity (Wildman–Crippen MR) is 49.6 cm³/mol. The Labute approximate surface area is 76.6 Å². The predicted octanol–water partition coefficient (Wildman–Crippen LogP) is 1.87. The molecule has 1 rings (SSSR count). The van der Waals surface area contributed by atoms with Crippen LogP contribution in [0, 0.1) is 5.82 Å². The van der Waals surface area contributed by atoms with E-state index in [1.807, 2.05) is 0 Å². The highest BCUT2D eigenvalue weighted by atomic mass is 32.2. The van der Waals surface area contributed by atoms with Crippen LogP contribution < -0.4 is 0 Å². The fraction of sp³-hybridized carbons (Fsp3) is 0.111. The lowest BCUT2D eigenvalue weighted by Gasteiger charge is -2.03. The summed E-state index contributed by atoms with van der Waals surface area (Å²) in [6, 6.07) is 4.07. The molecule has 1 aromatic rings. The summed E-state index contributed by atoms with van der Waals surface area (Å²) >= 11 is 0. The van der Waals surface area contributed by atoms with E-state index in [9.17, 15) is 12.8 Å². The molecular weight excluding hydrogens is 191 g/mol. The van der Waals surface area contributed by atoms with E-state index in [2.05, 4.69) is 6.58 Å². The van der Waals surface area contributed by atoms with E-state index in [1.54, 1.807) is 0 Å². The van der Waals surface area contributed by atoms with Crippen LogP contribution in [-0.4, -0.2) is 14.7 Å². The Hall–Kier alpha value is -1.16. The van der Waals surface area contributed by atoms with Crippen LogP contribution in [0.15, 0.2) is 29.7 Å². The largest absolute Gasteiger partial charge is 0.224 e. The Balaban J connectivity index is 3.59. The first kappa shape index (κ1) is 9.92. The van der Waals surface area contributed by atoms with Gasteiger partial charge in [-0.1, -0.05) is 24.8 Å². The minimum Gasteiger partial charge on any atom is -0.224 e. The summed E-state index contributed by atoms with van der Waals surface area (Å²) in [6.45, 7) is 3.42. The van der Waals surface area contributed by atoms with Gasteiger partial charge in [-0.25, -0.2) is 12.8 Å². The molecule has 0 bridgehead atoms. The summed E-state index contributed by atoms with van der Waals surface area (Å²) in [4.78, 5) is -0.287. The third-order valence-electron chi connectivity index (χ3n) is 1.59. The van der Waals surface area contributed by atoms with Crippen LogP contribution in [0.2, 0.25) is 0 Å². The van der Waals surface area contributed by atoms with Crippen molar-refractivity contribution >= 4 is 15.9 Å². The average molecular weight is 200 g/mol. The molecule has 0 saturated heterocycles. The quantitative estimate of drug-likeness (QED) is 0.730. The topological polar surface area (TPSA) is 34.1 Å². The minimum atomic E-state index is -3.52. The number of sulfone groups is 1. The Morgan fingerprint density at radius 3 is 2.46 bits per heavy atom. The summed E-state index contributed by atoms with van der Waals surface area (Å²) < 4.78 is 35.4. The molecule has 0 saturated carbocycles. The maximum absolute atomic E-state index is 13.1. The lowest BCUT2D eigenvalue weighted by molar-refractivity contribution is 0.570. The van der Waals surface area contributed by atoms with Gasteiger partial charge in [0.15, 0.2) is 9.84 Å². The number of hydrogen-bond acceptors (Lipinski definition) is 2. The van der Waals surface area contributed by atoms with Gasteiger partial charge >= 0.3 is 0 Å². The first-order valence-corrected chi connectivity index (χ1v) is 5.47. The fourth-order valence-electron chi connectivity index (χ4n) is 1.08. The van der Waals surface area contributed by atoms with Crippen molar-refractivity contribution in [3.8, 4) is 0 Å². The summed E-state index contributed by atoms with van der Waals surface area (Å²) in [7, 11) is -3.52. The number of hydrogen-bond donors (Lipinski definition) is 0. The molecule has 0 aliphatic carbocycles. The molecule has 0 aromatic heterocycles. The Morgan fingerprint density at radius 2 is 2.08 bits per heavy atom. The maximum atomic E-state index is 13.1. The second kappa shape index (κ2) is 3.30. The molecule has 4 heteroatoms. The highest BCUT2D eigenvalue weighted by Crippen LogP contribution is 2.20. The molecule has 0 heterocycles. The third kappa shape index (κ3) is 1.95. The van der Waals surface area contributed by atoms with Gasteiger partial charge in [-0.05, 0) is 11.6 Å². The molecule has 0 aliphatic heterocycles. The second-order valence-corrected chi connectivity index (χ2v) is 4.59. The van der Waals surface area contributed by atoms with Crippen molar-refractivity contribution in [2.24, 2.45) is 0 Å². The van der Waals surface area contributed by atoms with Crippen LogP contribution in [0.25, 0.3) is 6.08 Å². The zero-order valence-electron chi connectivity index (χ0n) is 7.12. The molecular formula is C9H9FO2S. The smallest absolute Gasteiger partial charge is 0.179 e. The van der Waals surface area contributed by atoms with Gasteiger partial charge in [0.05, 0.1) is 0 Å². The van der Waals surface area contributed by atoms with Gasteiger partial charge in [0, 0.05) is 6.26 Å². The molecule has 13 heavy (non-hydrogen) atoms. The molecule has 0 N–H and O–H groups in total. The normalized spacial score (nSPS) is 11.2. The lowest BCUT2D eigenvalue weighted by Crippen LogP contribution is -2.03. The van der Waals surface area contributed by atoms with Gasteiger partial charge in [-0.3, -0.25) is 0 Å². The van der Waals surface area contributed by atoms with Crippen molar-refractivity contribution in [2.45, 2.75) is 4.90 Å². The highest BCUT2D eigenvalue weighted by Gasteiger charge is 2.16. The van der Waals surface area contributed by atoms with E-state index in [-0.39, 0.29) is 4.90 Å². The van der Waals surface area contributed by atoms with Crippen LogP contribution in [0.3, 0.4) is 0 Å². The van der Waals surface area contributed by atoms with Crippen LogP contribution in [0.5, 0.6) is 0 Å². The minimum absolute atomic E-state index is 0.287. The molecule has 1 aromatic carbocycles. The van der Waals surface area contributed by atoms with Crippen molar-refractivity contribution in [1.29, 1.82) is 0 Å². The van der Waals surface area contributed by atoms with Crippen molar-refractivity contribution in [2.75, 3.05) is 6.26 Å². The number of benzene rings is 1. The summed E-state index contributed by atoms with van der Waals surface area (Å²) in [5.41, 5.74) is 0.294. The maximum Gasteiger partial charge on any atom is 0.179 e. The third-order valence-corrected chi connectivity index (χ3v) is 2.76. The Bertz CT molecular complexity index is 435. The summed E-state index contributed by atoms with van der Waals surface area (Å²) in [5, 5.41) is 0. The molecule has 0 fully saturated rings. The van der Waals surface area contributed by atoms with E-state index in [0.717, 1.165) is 12.3 Å². The fourth-order valence-corrected chi connectivity index (χ4v) is 2.08. The van der Waals surface area contributed by atoms with Crippen molar-refractivity contribution in [3.63, 3.8) is 0 Å². The van der Waals surface area contributed by atoms with Gasteiger partial charge < -0.3 is 0 Å². The second-order valence-electron chi connectivity index (χ2n) is 2.63. The van der Waals surface area contributed by atoms with E-state index in [4.69, 9.17) is 0 Å². The van der Waals surface area contributed by atoms with Gasteiger partial charge in [0.1, 0.15) is 10.7 Å². The lowest BCUT2D eigenvalue weighted by atomic mass is 10.2. The first-order chi connectivity index (χ1) is 5.96. The van der Waals surface area contributed by atoms with Crippen LogP contribution in [-0.2, 0) is 9.84 Å². The van der Waals surface area contributed by atoms with Gasteiger partial charge in [-0.2, -0.15) is 0 Å². The van der Waals surface area contributed by atoms with Crippen LogP contribution >= 0.6 is 0 Å². The standard InChI is InChI=1S/C9H9FO2S/c1-3-7-5-4-6-8(10)9(7)13(2,11)12/h3-6H,1H2,2H3. The monoisotopic (exact) mass is 200 g/mol. The zero-order chi connectivity index (χ0) is 10.1. The van der Waals surface area contributed by atoms with Gasteiger partial charge in [0.2, 0.25) is 0 Å². The average Bonchev–Trinajstić information content (AvgIpc) is 2.01. The molecule has 0 atom stereocenters. The van der Waals surface area contributed by atoms with Crippen molar-refractivity contribution < 1.29 is 12.8 Å². The summed E-state index contributed by atoms with van der Waals surface area (Å²) in [6.07, 6.45) is 2.29. The number of rotatable bonds is 2. The zero-order valence-corrected chi connectivity index (χ0v) is 7.94. The molecule has 0 amide bonds. The van der Waals surface area contributed by atoms with Gasteiger partial charge in [-0.15, -0.1) is 0 Å². The van der Waals surface area contributed by atoms with E-state index in [0.29, 0.717) is 5.56 Å². The molecule has 2 nitrogen and oxygen atoms in total. The SMILES string of the molecule is C=Cc1cccc(F)c1S(C)(=O)=O. The van der Waals surface area contributed by atoms with Gasteiger partial charge in [0.25, 0.3) is 0 Å². The van der Waals surface area contributed by atoms with Crippen LogP contribution in [0.1, 0.15) is 5.56 Å².